The lowest BCUT2D eigenvalue weighted by molar-refractivity contribution is 0.801. The van der Waals surface area contributed by atoms with Crippen molar-refractivity contribution in [1.82, 2.24) is 0 Å². The molecule has 0 aliphatic carbocycles. The molecule has 0 aromatic carbocycles. The molecular formula is C13H24N2. The Hall–Kier alpha value is -0.920. The molecule has 2 heteroatoms. The molecule has 0 aromatic heterocycles. The second-order valence-electron chi connectivity index (χ2n) is 4.03. The predicted octanol–water partition coefficient (Wildman–Crippen LogP) is 3.53. The van der Waals surface area contributed by atoms with Gasteiger partial charge < -0.3 is 0 Å². The first kappa shape index (κ1) is 14.1. The first-order valence-corrected chi connectivity index (χ1v) is 5.67. The molecule has 0 atom stereocenters. The molecule has 0 spiro atoms. The van der Waals surface area contributed by atoms with Gasteiger partial charge in [-0.15, -0.1) is 0 Å². The van der Waals surface area contributed by atoms with Gasteiger partial charge in [0.05, 0.1) is 0 Å². The highest BCUT2D eigenvalue weighted by Crippen LogP contribution is 2.13. The highest BCUT2D eigenvalue weighted by molar-refractivity contribution is 6.06. The summed E-state index contributed by atoms with van der Waals surface area (Å²) in [5, 5.41) is 0. The zero-order valence-electron chi connectivity index (χ0n) is 11.0. The molecule has 0 aliphatic heterocycles. The van der Waals surface area contributed by atoms with E-state index in [1.165, 1.54) is 11.3 Å². The average molecular weight is 208 g/mol. The molecule has 0 aliphatic rings. The number of rotatable bonds is 5. The van der Waals surface area contributed by atoms with Gasteiger partial charge in [-0.2, -0.15) is 0 Å². The van der Waals surface area contributed by atoms with Crippen molar-refractivity contribution in [3.63, 3.8) is 0 Å². The molecule has 0 saturated heterocycles. The molecule has 0 rings (SSSR count). The number of hydrogen-bond acceptors (Lipinski definition) is 2. The van der Waals surface area contributed by atoms with Crippen LogP contribution in [0.2, 0.25) is 0 Å². The summed E-state index contributed by atoms with van der Waals surface area (Å²) in [6, 6.07) is 0. The van der Waals surface area contributed by atoms with Crippen molar-refractivity contribution in [2.24, 2.45) is 15.9 Å². The number of allylic oxidation sites excluding steroid dienone is 2. The van der Waals surface area contributed by atoms with E-state index in [1.807, 2.05) is 14.1 Å². The summed E-state index contributed by atoms with van der Waals surface area (Å²) in [6.45, 7) is 8.62. The molecule has 0 fully saturated rings. The maximum atomic E-state index is 4.30. The van der Waals surface area contributed by atoms with E-state index in [1.54, 1.807) is 0 Å². The van der Waals surface area contributed by atoms with E-state index in [0.29, 0.717) is 5.92 Å². The fourth-order valence-corrected chi connectivity index (χ4v) is 1.50. The van der Waals surface area contributed by atoms with Crippen molar-refractivity contribution in [2.75, 3.05) is 14.1 Å². The lowest BCUT2D eigenvalue weighted by Crippen LogP contribution is -2.08. The summed E-state index contributed by atoms with van der Waals surface area (Å²) in [5.41, 5.74) is 3.58. The minimum atomic E-state index is 0.502. The molecule has 15 heavy (non-hydrogen) atoms. The van der Waals surface area contributed by atoms with Crippen molar-refractivity contribution in [2.45, 2.75) is 40.5 Å². The van der Waals surface area contributed by atoms with Gasteiger partial charge in [0.2, 0.25) is 0 Å². The van der Waals surface area contributed by atoms with Crippen LogP contribution in [0.15, 0.2) is 21.6 Å². The van der Waals surface area contributed by atoms with Crippen molar-refractivity contribution in [3.05, 3.63) is 11.6 Å². The normalized spacial score (nSPS) is 15.0. The quantitative estimate of drug-likeness (QED) is 0.617. The Morgan fingerprint density at radius 1 is 1.20 bits per heavy atom. The number of hydrogen-bond donors (Lipinski definition) is 0. The second kappa shape index (κ2) is 7.38. The SMILES string of the molecule is CCCC(/C=C(\C(C)=NC)C(C)C)=NC. The molecule has 86 valence electrons. The third-order valence-corrected chi connectivity index (χ3v) is 2.49. The highest BCUT2D eigenvalue weighted by atomic mass is 14.7. The molecule has 0 amide bonds. The molecule has 0 unspecified atom stereocenters. The van der Waals surface area contributed by atoms with Crippen molar-refractivity contribution >= 4 is 11.4 Å². The van der Waals surface area contributed by atoms with Crippen LogP contribution in [-0.2, 0) is 0 Å². The Morgan fingerprint density at radius 3 is 2.13 bits per heavy atom. The van der Waals surface area contributed by atoms with Gasteiger partial charge in [-0.3, -0.25) is 9.98 Å². The Balaban J connectivity index is 4.98. The largest absolute Gasteiger partial charge is 0.293 e. The summed E-state index contributed by atoms with van der Waals surface area (Å²) in [7, 11) is 3.70. The lowest BCUT2D eigenvalue weighted by Gasteiger charge is -2.11. The van der Waals surface area contributed by atoms with Gasteiger partial charge in [0.25, 0.3) is 0 Å². The maximum absolute atomic E-state index is 4.30. The standard InChI is InChI=1S/C13H24N2/c1-7-8-12(15-6)9-13(10(2)3)11(4)14-5/h9-10H,7-8H2,1-6H3/b13-9-,14-11?,15-12?. The third kappa shape index (κ3) is 4.91. The molecular weight excluding hydrogens is 184 g/mol. The minimum absolute atomic E-state index is 0.502. The molecule has 0 bridgehead atoms. The summed E-state index contributed by atoms with van der Waals surface area (Å²) in [4.78, 5) is 8.55. The topological polar surface area (TPSA) is 24.7 Å². The summed E-state index contributed by atoms with van der Waals surface area (Å²) >= 11 is 0. The number of aliphatic imine (C=N–C) groups is 2. The zero-order chi connectivity index (χ0) is 11.8. The summed E-state index contributed by atoms with van der Waals surface area (Å²) in [6.07, 6.45) is 4.37. The Labute approximate surface area is 94.2 Å². The fourth-order valence-electron chi connectivity index (χ4n) is 1.50. The Kier molecular flexibility index (Phi) is 6.93. The van der Waals surface area contributed by atoms with E-state index >= 15 is 0 Å². The van der Waals surface area contributed by atoms with E-state index in [0.717, 1.165) is 18.6 Å². The number of nitrogens with zero attached hydrogens (tertiary/aromatic N) is 2. The van der Waals surface area contributed by atoms with E-state index in [9.17, 15) is 0 Å². The van der Waals surface area contributed by atoms with E-state index in [2.05, 4.69) is 43.8 Å². The van der Waals surface area contributed by atoms with Gasteiger partial charge in [-0.25, -0.2) is 0 Å². The Morgan fingerprint density at radius 2 is 1.80 bits per heavy atom. The van der Waals surface area contributed by atoms with E-state index < -0.39 is 0 Å². The monoisotopic (exact) mass is 208 g/mol. The van der Waals surface area contributed by atoms with Gasteiger partial charge in [-0.05, 0) is 30.9 Å². The first-order valence-electron chi connectivity index (χ1n) is 5.67. The minimum Gasteiger partial charge on any atom is -0.293 e. The maximum Gasteiger partial charge on any atom is 0.0349 e. The molecule has 0 aromatic rings. The third-order valence-electron chi connectivity index (χ3n) is 2.49. The van der Waals surface area contributed by atoms with Crippen LogP contribution in [-0.4, -0.2) is 25.5 Å². The van der Waals surface area contributed by atoms with Crippen LogP contribution >= 0.6 is 0 Å². The van der Waals surface area contributed by atoms with Gasteiger partial charge in [0.15, 0.2) is 0 Å². The van der Waals surface area contributed by atoms with Gasteiger partial charge in [-0.1, -0.05) is 27.2 Å². The van der Waals surface area contributed by atoms with Crippen LogP contribution in [0.3, 0.4) is 0 Å². The van der Waals surface area contributed by atoms with Gasteiger partial charge in [0.1, 0.15) is 0 Å². The molecule has 2 nitrogen and oxygen atoms in total. The van der Waals surface area contributed by atoms with Crippen molar-refractivity contribution in [3.8, 4) is 0 Å². The Bertz CT molecular complexity index is 270. The zero-order valence-corrected chi connectivity index (χ0v) is 11.0. The van der Waals surface area contributed by atoms with Crippen LogP contribution in [0.4, 0.5) is 0 Å². The smallest absolute Gasteiger partial charge is 0.0349 e. The van der Waals surface area contributed by atoms with Gasteiger partial charge >= 0.3 is 0 Å². The van der Waals surface area contributed by atoms with Crippen LogP contribution in [0, 0.1) is 5.92 Å². The van der Waals surface area contributed by atoms with Crippen molar-refractivity contribution in [1.29, 1.82) is 0 Å². The predicted molar refractivity (Wildman–Crippen MR) is 70.2 cm³/mol. The van der Waals surface area contributed by atoms with Crippen LogP contribution in [0.1, 0.15) is 40.5 Å². The summed E-state index contributed by atoms with van der Waals surface area (Å²) in [5.74, 6) is 0.502. The van der Waals surface area contributed by atoms with E-state index in [-0.39, 0.29) is 0 Å². The highest BCUT2D eigenvalue weighted by Gasteiger charge is 2.07. The fraction of sp³-hybridized carbons (Fsp3) is 0.692. The van der Waals surface area contributed by atoms with Gasteiger partial charge in [0, 0.05) is 25.5 Å². The average Bonchev–Trinajstić information content (AvgIpc) is 2.22. The molecule has 0 saturated carbocycles. The van der Waals surface area contributed by atoms with Crippen LogP contribution < -0.4 is 0 Å². The van der Waals surface area contributed by atoms with Crippen LogP contribution in [0.5, 0.6) is 0 Å². The molecule has 0 N–H and O–H groups in total. The lowest BCUT2D eigenvalue weighted by atomic mass is 9.96. The molecule has 0 radical (unpaired) electrons. The summed E-state index contributed by atoms with van der Waals surface area (Å²) < 4.78 is 0. The van der Waals surface area contributed by atoms with Crippen molar-refractivity contribution < 1.29 is 0 Å². The molecule has 0 heterocycles. The second-order valence-corrected chi connectivity index (χ2v) is 4.03. The first-order chi connectivity index (χ1) is 7.06. The van der Waals surface area contributed by atoms with E-state index in [4.69, 9.17) is 0 Å². The van der Waals surface area contributed by atoms with Crippen LogP contribution in [0.25, 0.3) is 0 Å².